The lowest BCUT2D eigenvalue weighted by molar-refractivity contribution is 0.149. The number of piperidine rings is 1. The van der Waals surface area contributed by atoms with Crippen LogP contribution in [0.15, 0.2) is 36.9 Å². The van der Waals surface area contributed by atoms with E-state index in [1.165, 1.54) is 57.3 Å². The van der Waals surface area contributed by atoms with Crippen LogP contribution in [0.1, 0.15) is 50.1 Å². The van der Waals surface area contributed by atoms with Gasteiger partial charge in [0.25, 0.3) is 0 Å². The Bertz CT molecular complexity index is 601. The molecule has 1 aliphatic heterocycles. The number of likely N-dealkylation sites (tertiary alicyclic amines) is 1. The van der Waals surface area contributed by atoms with Crippen LogP contribution in [0.2, 0.25) is 0 Å². The van der Waals surface area contributed by atoms with Gasteiger partial charge in [-0.1, -0.05) is 18.9 Å². The minimum Gasteiger partial charge on any atom is -0.300 e. The highest BCUT2D eigenvalue weighted by Crippen LogP contribution is 2.31. The Labute approximate surface area is 132 Å². The minimum absolute atomic E-state index is 0.581. The summed E-state index contributed by atoms with van der Waals surface area (Å²) in [5.41, 5.74) is 1.24. The lowest BCUT2D eigenvalue weighted by Crippen LogP contribution is -2.40. The van der Waals surface area contributed by atoms with Crippen molar-refractivity contribution in [2.24, 2.45) is 0 Å². The molecule has 2 fully saturated rings. The lowest BCUT2D eigenvalue weighted by Gasteiger charge is -2.36. The number of nitrogens with zero attached hydrogens (tertiary/aromatic N) is 4. The van der Waals surface area contributed by atoms with E-state index in [2.05, 4.69) is 28.1 Å². The number of aromatic nitrogens is 3. The molecular weight excluding hydrogens is 272 g/mol. The molecule has 0 radical (unpaired) electrons. The second-order valence-electron chi connectivity index (χ2n) is 6.66. The average Bonchev–Trinajstić information content (AvgIpc) is 3.29. The number of hydrogen-bond acceptors (Lipinski definition) is 3. The van der Waals surface area contributed by atoms with E-state index in [0.29, 0.717) is 5.92 Å². The highest BCUT2D eigenvalue weighted by Gasteiger charge is 2.29. The van der Waals surface area contributed by atoms with Crippen LogP contribution in [0.3, 0.4) is 0 Å². The van der Waals surface area contributed by atoms with Gasteiger partial charge in [-0.05, 0) is 44.4 Å². The molecule has 4 nitrogen and oxygen atoms in total. The molecule has 1 unspecified atom stereocenters. The minimum atomic E-state index is 0.581. The fourth-order valence-corrected chi connectivity index (χ4v) is 4.05. The van der Waals surface area contributed by atoms with Crippen LogP contribution < -0.4 is 0 Å². The van der Waals surface area contributed by atoms with Crippen molar-refractivity contribution in [1.82, 2.24) is 19.4 Å². The van der Waals surface area contributed by atoms with Crippen molar-refractivity contribution in [3.05, 3.63) is 42.6 Å². The average molecular weight is 296 g/mol. The van der Waals surface area contributed by atoms with Crippen LogP contribution in [0.5, 0.6) is 0 Å². The molecule has 4 rings (SSSR count). The first-order valence-electron chi connectivity index (χ1n) is 8.59. The van der Waals surface area contributed by atoms with Crippen molar-refractivity contribution in [3.63, 3.8) is 0 Å². The molecule has 1 atom stereocenters. The summed E-state index contributed by atoms with van der Waals surface area (Å²) in [7, 11) is 0. The maximum Gasteiger partial charge on any atom is 0.138 e. The Kier molecular flexibility index (Phi) is 3.94. The topological polar surface area (TPSA) is 34.0 Å². The summed E-state index contributed by atoms with van der Waals surface area (Å²) in [5.74, 6) is 1.56. The van der Waals surface area contributed by atoms with Crippen LogP contribution >= 0.6 is 0 Å². The second kappa shape index (κ2) is 6.21. The Morgan fingerprint density at radius 2 is 1.95 bits per heavy atom. The van der Waals surface area contributed by atoms with E-state index in [-0.39, 0.29) is 0 Å². The number of rotatable bonds is 3. The molecule has 22 heavy (non-hydrogen) atoms. The second-order valence-corrected chi connectivity index (χ2v) is 6.66. The van der Waals surface area contributed by atoms with Gasteiger partial charge in [0.2, 0.25) is 0 Å². The zero-order valence-electron chi connectivity index (χ0n) is 13.1. The van der Waals surface area contributed by atoms with Gasteiger partial charge in [0, 0.05) is 36.6 Å². The van der Waals surface area contributed by atoms with E-state index in [9.17, 15) is 0 Å². The molecule has 0 N–H and O–H groups in total. The highest BCUT2D eigenvalue weighted by atomic mass is 15.2. The van der Waals surface area contributed by atoms with Crippen molar-refractivity contribution < 1.29 is 0 Å². The highest BCUT2D eigenvalue weighted by molar-refractivity contribution is 5.26. The number of pyridine rings is 1. The van der Waals surface area contributed by atoms with E-state index in [1.807, 2.05) is 17.1 Å². The monoisotopic (exact) mass is 296 g/mol. The fraction of sp³-hybridized carbons (Fsp3) is 0.556. The third-order valence-corrected chi connectivity index (χ3v) is 5.24. The first-order valence-corrected chi connectivity index (χ1v) is 8.59. The Morgan fingerprint density at radius 1 is 1.05 bits per heavy atom. The molecule has 0 aromatic carbocycles. The number of hydrogen-bond donors (Lipinski definition) is 0. The van der Waals surface area contributed by atoms with Crippen molar-refractivity contribution in [3.8, 4) is 5.82 Å². The molecule has 0 spiro atoms. The van der Waals surface area contributed by atoms with Crippen LogP contribution in [0.25, 0.3) is 5.82 Å². The summed E-state index contributed by atoms with van der Waals surface area (Å²) in [6.45, 7) is 2.47. The maximum atomic E-state index is 4.90. The van der Waals surface area contributed by atoms with Gasteiger partial charge in [0.15, 0.2) is 0 Å². The van der Waals surface area contributed by atoms with E-state index in [4.69, 9.17) is 4.98 Å². The largest absolute Gasteiger partial charge is 0.300 e. The van der Waals surface area contributed by atoms with Gasteiger partial charge in [0.1, 0.15) is 12.1 Å². The van der Waals surface area contributed by atoms with Gasteiger partial charge in [-0.25, -0.2) is 9.97 Å². The predicted molar refractivity (Wildman–Crippen MR) is 87.2 cm³/mol. The summed E-state index contributed by atoms with van der Waals surface area (Å²) in [6, 6.07) is 7.22. The molecule has 3 heterocycles. The van der Waals surface area contributed by atoms with Crippen molar-refractivity contribution in [2.45, 2.75) is 50.5 Å². The summed E-state index contributed by atoms with van der Waals surface area (Å²) >= 11 is 0. The van der Waals surface area contributed by atoms with Crippen molar-refractivity contribution >= 4 is 0 Å². The van der Waals surface area contributed by atoms with Gasteiger partial charge < -0.3 is 0 Å². The smallest absolute Gasteiger partial charge is 0.138 e. The summed E-state index contributed by atoms with van der Waals surface area (Å²) in [4.78, 5) is 11.7. The quantitative estimate of drug-likeness (QED) is 0.870. The first-order chi connectivity index (χ1) is 10.9. The molecule has 2 aromatic rings. The van der Waals surface area contributed by atoms with Gasteiger partial charge in [-0.2, -0.15) is 0 Å². The van der Waals surface area contributed by atoms with Crippen LogP contribution in [-0.4, -0.2) is 38.6 Å². The fourth-order valence-electron chi connectivity index (χ4n) is 4.05. The third-order valence-electron chi connectivity index (χ3n) is 5.24. The molecule has 116 valence electrons. The van der Waals surface area contributed by atoms with Crippen molar-refractivity contribution in [2.75, 3.05) is 13.1 Å². The molecule has 0 bridgehead atoms. The summed E-state index contributed by atoms with van der Waals surface area (Å²) in [5, 5.41) is 0. The predicted octanol–water partition coefficient (Wildman–Crippen LogP) is 3.39. The zero-order chi connectivity index (χ0) is 14.8. The molecule has 1 aliphatic carbocycles. The normalized spacial score (nSPS) is 23.9. The Balaban J connectivity index is 1.52. The van der Waals surface area contributed by atoms with Gasteiger partial charge in [0.05, 0.1) is 0 Å². The SMILES string of the molecule is c1cc(C2CCCN(C3CCCC3)C2)nc(-n2ccnc2)c1. The standard InChI is InChI=1S/C18H24N4/c1-2-7-16(6-1)21-11-4-5-15(13-21)17-8-3-9-18(20-17)22-12-10-19-14-22/h3,8-10,12,14-16H,1-2,4-7,11,13H2. The lowest BCUT2D eigenvalue weighted by atomic mass is 9.93. The Hall–Kier alpha value is -1.68. The molecule has 1 saturated carbocycles. The van der Waals surface area contributed by atoms with Crippen LogP contribution in [-0.2, 0) is 0 Å². The van der Waals surface area contributed by atoms with E-state index < -0.39 is 0 Å². The molecule has 2 aromatic heterocycles. The summed E-state index contributed by atoms with van der Waals surface area (Å²) in [6.07, 6.45) is 13.8. The van der Waals surface area contributed by atoms with Crippen molar-refractivity contribution in [1.29, 1.82) is 0 Å². The zero-order valence-corrected chi connectivity index (χ0v) is 13.1. The molecule has 4 heteroatoms. The van der Waals surface area contributed by atoms with Gasteiger partial charge >= 0.3 is 0 Å². The van der Waals surface area contributed by atoms with E-state index in [0.717, 1.165) is 11.9 Å². The third kappa shape index (κ3) is 2.80. The van der Waals surface area contributed by atoms with E-state index >= 15 is 0 Å². The number of imidazole rings is 1. The Morgan fingerprint density at radius 3 is 2.77 bits per heavy atom. The molecule has 2 aliphatic rings. The maximum absolute atomic E-state index is 4.90. The molecular formula is C18H24N4. The van der Waals surface area contributed by atoms with Crippen LogP contribution in [0, 0.1) is 0 Å². The molecule has 1 saturated heterocycles. The molecule has 0 amide bonds. The summed E-state index contributed by atoms with van der Waals surface area (Å²) < 4.78 is 1.99. The first kappa shape index (κ1) is 13.9. The van der Waals surface area contributed by atoms with E-state index in [1.54, 1.807) is 6.20 Å². The van der Waals surface area contributed by atoms with Gasteiger partial charge in [-0.15, -0.1) is 0 Å². The van der Waals surface area contributed by atoms with Gasteiger partial charge in [-0.3, -0.25) is 9.47 Å². The van der Waals surface area contributed by atoms with Crippen LogP contribution in [0.4, 0.5) is 0 Å².